The van der Waals surface area contributed by atoms with Crippen molar-refractivity contribution in [3.8, 4) is 0 Å². The highest BCUT2D eigenvalue weighted by atomic mass is 16.5. The maximum atomic E-state index is 11.1. The van der Waals surface area contributed by atoms with E-state index >= 15 is 0 Å². The second kappa shape index (κ2) is 5.80. The third kappa shape index (κ3) is 4.26. The van der Waals surface area contributed by atoms with Gasteiger partial charge in [0.1, 0.15) is 12.4 Å². The van der Waals surface area contributed by atoms with Crippen LogP contribution in [0.5, 0.6) is 0 Å². The van der Waals surface area contributed by atoms with Crippen LogP contribution in [0.25, 0.3) is 0 Å². The van der Waals surface area contributed by atoms with Crippen molar-refractivity contribution in [3.63, 3.8) is 0 Å². The summed E-state index contributed by atoms with van der Waals surface area (Å²) in [5.74, 6) is 0.535. The van der Waals surface area contributed by atoms with Gasteiger partial charge >= 0.3 is 6.09 Å². The number of rotatable bonds is 2. The van der Waals surface area contributed by atoms with Crippen molar-refractivity contribution in [2.45, 2.75) is 13.5 Å². The van der Waals surface area contributed by atoms with Gasteiger partial charge in [-0.25, -0.2) is 4.79 Å². The Balaban J connectivity index is 2.41. The summed E-state index contributed by atoms with van der Waals surface area (Å²) in [5.41, 5.74) is 0.947. The minimum absolute atomic E-state index is 0.250. The Morgan fingerprint density at radius 3 is 2.67 bits per heavy atom. The Labute approximate surface area is 89.0 Å². The van der Waals surface area contributed by atoms with Crippen molar-refractivity contribution in [1.29, 1.82) is 0 Å². The Kier molecular flexibility index (Phi) is 4.34. The lowest BCUT2D eigenvalue weighted by Crippen LogP contribution is -2.16. The fraction of sp³-hybridized carbons (Fsp3) is 0.273. The molecular weight excluding hydrogens is 192 g/mol. The summed E-state index contributed by atoms with van der Waals surface area (Å²) in [6, 6.07) is 9.48. The van der Waals surface area contributed by atoms with Crippen molar-refractivity contribution < 1.29 is 9.53 Å². The summed E-state index contributed by atoms with van der Waals surface area (Å²) in [5, 5.41) is 2.74. The van der Waals surface area contributed by atoms with Crippen molar-refractivity contribution in [2.24, 2.45) is 4.99 Å². The van der Waals surface area contributed by atoms with E-state index in [1.807, 2.05) is 30.3 Å². The van der Waals surface area contributed by atoms with Gasteiger partial charge < -0.3 is 10.1 Å². The molecule has 15 heavy (non-hydrogen) atoms. The second-order valence-corrected chi connectivity index (χ2v) is 2.99. The zero-order valence-corrected chi connectivity index (χ0v) is 8.86. The van der Waals surface area contributed by atoms with Gasteiger partial charge in [0, 0.05) is 7.05 Å². The van der Waals surface area contributed by atoms with E-state index in [1.54, 1.807) is 14.0 Å². The van der Waals surface area contributed by atoms with Gasteiger partial charge in [-0.3, -0.25) is 0 Å². The first-order valence-electron chi connectivity index (χ1n) is 4.66. The minimum atomic E-state index is -0.578. The zero-order valence-electron chi connectivity index (χ0n) is 8.86. The van der Waals surface area contributed by atoms with E-state index < -0.39 is 6.09 Å². The number of carbonyl (C=O) groups is 1. The highest BCUT2D eigenvalue weighted by Gasteiger charge is 2.00. The van der Waals surface area contributed by atoms with Crippen molar-refractivity contribution in [2.75, 3.05) is 7.05 Å². The largest absolute Gasteiger partial charge is 0.443 e. The molecule has 0 aliphatic rings. The van der Waals surface area contributed by atoms with Crippen LogP contribution in [0.3, 0.4) is 0 Å². The van der Waals surface area contributed by atoms with Gasteiger partial charge in [-0.1, -0.05) is 30.3 Å². The third-order valence-electron chi connectivity index (χ3n) is 1.83. The molecule has 1 aromatic carbocycles. The molecule has 0 unspecified atom stereocenters. The lowest BCUT2D eigenvalue weighted by Gasteiger charge is -2.02. The van der Waals surface area contributed by atoms with E-state index in [-0.39, 0.29) is 6.61 Å². The van der Waals surface area contributed by atoms with E-state index in [9.17, 15) is 4.79 Å². The van der Waals surface area contributed by atoms with Crippen LogP contribution in [0.2, 0.25) is 0 Å². The summed E-state index contributed by atoms with van der Waals surface area (Å²) < 4.78 is 4.93. The zero-order chi connectivity index (χ0) is 11.1. The molecule has 0 saturated heterocycles. The number of nitrogens with one attached hydrogen (secondary N) is 1. The lowest BCUT2D eigenvalue weighted by molar-refractivity contribution is 0.150. The first-order chi connectivity index (χ1) is 7.22. The maximum absolute atomic E-state index is 11.1. The number of ether oxygens (including phenoxy) is 1. The van der Waals surface area contributed by atoms with Crippen molar-refractivity contribution in [3.05, 3.63) is 35.9 Å². The van der Waals surface area contributed by atoms with Gasteiger partial charge in [-0.05, 0) is 12.5 Å². The molecule has 1 N–H and O–H groups in total. The number of amides is 1. The maximum Gasteiger partial charge on any atom is 0.435 e. The second-order valence-electron chi connectivity index (χ2n) is 2.99. The summed E-state index contributed by atoms with van der Waals surface area (Å²) in [6.45, 7) is 1.95. The third-order valence-corrected chi connectivity index (χ3v) is 1.83. The average molecular weight is 206 g/mol. The van der Waals surface area contributed by atoms with Gasteiger partial charge in [0.25, 0.3) is 0 Å². The van der Waals surface area contributed by atoms with Crippen LogP contribution in [0.15, 0.2) is 35.3 Å². The highest BCUT2D eigenvalue weighted by molar-refractivity contribution is 5.89. The highest BCUT2D eigenvalue weighted by Crippen LogP contribution is 2.01. The van der Waals surface area contributed by atoms with E-state index in [2.05, 4.69) is 10.3 Å². The molecule has 0 radical (unpaired) electrons. The predicted molar refractivity (Wildman–Crippen MR) is 58.8 cm³/mol. The molecule has 0 heterocycles. The first-order valence-corrected chi connectivity index (χ1v) is 4.66. The molecule has 0 saturated carbocycles. The predicted octanol–water partition coefficient (Wildman–Crippen LogP) is 1.96. The van der Waals surface area contributed by atoms with Gasteiger partial charge in [0.2, 0.25) is 0 Å². The molecule has 4 heteroatoms. The van der Waals surface area contributed by atoms with Crippen LogP contribution in [-0.2, 0) is 11.3 Å². The van der Waals surface area contributed by atoms with Gasteiger partial charge in [-0.2, -0.15) is 4.99 Å². The molecule has 80 valence electrons. The number of aliphatic imine (C=N–C) groups is 1. The van der Waals surface area contributed by atoms with Crippen LogP contribution < -0.4 is 5.32 Å². The average Bonchev–Trinajstić information content (AvgIpc) is 2.27. The summed E-state index contributed by atoms with van der Waals surface area (Å²) in [4.78, 5) is 14.8. The van der Waals surface area contributed by atoms with Gasteiger partial charge in [0.15, 0.2) is 0 Å². The van der Waals surface area contributed by atoms with Crippen molar-refractivity contribution in [1.82, 2.24) is 5.32 Å². The lowest BCUT2D eigenvalue weighted by atomic mass is 10.2. The molecule has 1 aromatic rings. The van der Waals surface area contributed by atoms with Crippen LogP contribution in [0.1, 0.15) is 12.5 Å². The molecule has 4 nitrogen and oxygen atoms in total. The smallest absolute Gasteiger partial charge is 0.435 e. The van der Waals surface area contributed by atoms with Gasteiger partial charge in [0.05, 0.1) is 0 Å². The Morgan fingerprint density at radius 2 is 2.07 bits per heavy atom. The number of benzene rings is 1. The molecule has 0 atom stereocenters. The monoisotopic (exact) mass is 206 g/mol. The fourth-order valence-corrected chi connectivity index (χ4v) is 0.944. The number of amidine groups is 1. The Hall–Kier alpha value is -1.84. The van der Waals surface area contributed by atoms with Crippen LogP contribution in [0, 0.1) is 0 Å². The molecule has 1 rings (SSSR count). The SMILES string of the molecule is CN/C(C)=N\C(=O)OCc1ccccc1. The van der Waals surface area contributed by atoms with E-state index in [0.29, 0.717) is 5.84 Å². The molecule has 1 amide bonds. The standard InChI is InChI=1S/C11H14N2O2/c1-9(12-2)13-11(14)15-8-10-6-4-3-5-7-10/h3-7H,8H2,1-2H3,(H,12,13,14). The van der Waals surface area contributed by atoms with Crippen LogP contribution in [0.4, 0.5) is 4.79 Å². The molecule has 0 spiro atoms. The topological polar surface area (TPSA) is 50.7 Å². The number of hydrogen-bond donors (Lipinski definition) is 1. The molecule has 0 bridgehead atoms. The van der Waals surface area contributed by atoms with Crippen LogP contribution >= 0.6 is 0 Å². The molecule has 0 aromatic heterocycles. The molecule has 0 aliphatic heterocycles. The number of nitrogens with zero attached hydrogens (tertiary/aromatic N) is 1. The quantitative estimate of drug-likeness (QED) is 0.594. The molecular formula is C11H14N2O2. The number of hydrogen-bond acceptors (Lipinski definition) is 2. The Morgan fingerprint density at radius 1 is 1.40 bits per heavy atom. The van der Waals surface area contributed by atoms with E-state index in [4.69, 9.17) is 4.74 Å². The summed E-state index contributed by atoms with van der Waals surface area (Å²) in [7, 11) is 1.70. The van der Waals surface area contributed by atoms with E-state index in [1.165, 1.54) is 0 Å². The molecule has 0 fully saturated rings. The van der Waals surface area contributed by atoms with Crippen LogP contribution in [-0.4, -0.2) is 19.0 Å². The normalized spacial score (nSPS) is 10.9. The minimum Gasteiger partial charge on any atom is -0.443 e. The van der Waals surface area contributed by atoms with Gasteiger partial charge in [-0.15, -0.1) is 0 Å². The first kappa shape index (κ1) is 11.2. The number of carbonyl (C=O) groups excluding carboxylic acids is 1. The van der Waals surface area contributed by atoms with Crippen molar-refractivity contribution >= 4 is 11.9 Å². The fourth-order valence-electron chi connectivity index (χ4n) is 0.944. The van der Waals surface area contributed by atoms with E-state index in [0.717, 1.165) is 5.56 Å². The Bertz CT molecular complexity index is 347. The molecule has 0 aliphatic carbocycles. The summed E-state index contributed by atoms with van der Waals surface area (Å²) >= 11 is 0. The summed E-state index contributed by atoms with van der Waals surface area (Å²) in [6.07, 6.45) is -0.578.